The predicted molar refractivity (Wildman–Crippen MR) is 114 cm³/mol. The van der Waals surface area contributed by atoms with Crippen LogP contribution < -0.4 is 4.74 Å². The number of benzene rings is 1. The lowest BCUT2D eigenvalue weighted by molar-refractivity contribution is -0.137. The Morgan fingerprint density at radius 3 is 2.57 bits per heavy atom. The van der Waals surface area contributed by atoms with Crippen LogP contribution in [0.1, 0.15) is 23.8 Å². The second-order valence-electron chi connectivity index (χ2n) is 6.59. The van der Waals surface area contributed by atoms with Crippen molar-refractivity contribution in [2.75, 3.05) is 6.61 Å². The van der Waals surface area contributed by atoms with E-state index in [0.717, 1.165) is 17.1 Å². The summed E-state index contributed by atoms with van der Waals surface area (Å²) in [6.45, 7) is 2.65. The van der Waals surface area contributed by atoms with Gasteiger partial charge in [0.1, 0.15) is 11.5 Å². The maximum Gasteiger partial charge on any atom is 0.268 e. The Morgan fingerprint density at radius 2 is 1.90 bits per heavy atom. The number of carbonyl (C=O) groups is 2. The molecule has 4 rings (SSSR count). The number of imide groups is 1. The van der Waals surface area contributed by atoms with E-state index in [1.165, 1.54) is 16.7 Å². The Balaban J connectivity index is 1.66. The standard InChI is InChI=1S/C23H20N2O4S/c1-2-28-18-9-7-17(8-10-18)20-21(30-15-19-6-4-12-29-19)23(27)25(22(20)26)14-16-5-3-11-24-13-16/h3-13H,2,14-15H2,1H3. The van der Waals surface area contributed by atoms with Crippen LogP contribution in [-0.2, 0) is 21.9 Å². The molecule has 0 aliphatic carbocycles. The predicted octanol–water partition coefficient (Wildman–Crippen LogP) is 4.29. The smallest absolute Gasteiger partial charge is 0.268 e. The third kappa shape index (κ3) is 4.16. The topological polar surface area (TPSA) is 72.6 Å². The minimum atomic E-state index is -0.310. The van der Waals surface area contributed by atoms with Crippen molar-refractivity contribution < 1.29 is 18.7 Å². The molecular weight excluding hydrogens is 400 g/mol. The summed E-state index contributed by atoms with van der Waals surface area (Å²) in [5.41, 5.74) is 1.89. The lowest BCUT2D eigenvalue weighted by atomic mass is 10.1. The summed E-state index contributed by atoms with van der Waals surface area (Å²) < 4.78 is 10.9. The fourth-order valence-corrected chi connectivity index (χ4v) is 4.22. The van der Waals surface area contributed by atoms with Gasteiger partial charge in [0.05, 0.1) is 35.6 Å². The van der Waals surface area contributed by atoms with Crippen molar-refractivity contribution in [3.8, 4) is 5.75 Å². The third-order valence-corrected chi connectivity index (χ3v) is 5.68. The Morgan fingerprint density at radius 1 is 1.07 bits per heavy atom. The lowest BCUT2D eigenvalue weighted by Gasteiger charge is -2.15. The van der Waals surface area contributed by atoms with E-state index in [-0.39, 0.29) is 18.4 Å². The molecule has 7 heteroatoms. The van der Waals surface area contributed by atoms with Crippen LogP contribution in [0.5, 0.6) is 5.75 Å². The number of furan rings is 1. The van der Waals surface area contributed by atoms with Crippen LogP contribution in [0.15, 0.2) is 76.5 Å². The van der Waals surface area contributed by atoms with E-state index < -0.39 is 0 Å². The Kier molecular flexibility index (Phi) is 5.99. The number of thioether (sulfide) groups is 1. The van der Waals surface area contributed by atoms with Gasteiger partial charge in [0, 0.05) is 12.4 Å². The van der Waals surface area contributed by atoms with Crippen LogP contribution >= 0.6 is 11.8 Å². The van der Waals surface area contributed by atoms with Crippen LogP contribution in [0.3, 0.4) is 0 Å². The highest BCUT2D eigenvalue weighted by atomic mass is 32.2. The fourth-order valence-electron chi connectivity index (χ4n) is 3.18. The number of rotatable bonds is 8. The van der Waals surface area contributed by atoms with E-state index in [0.29, 0.717) is 28.4 Å². The number of amides is 2. The summed E-state index contributed by atoms with van der Waals surface area (Å²) >= 11 is 1.31. The molecule has 0 spiro atoms. The second kappa shape index (κ2) is 9.00. The highest BCUT2D eigenvalue weighted by Crippen LogP contribution is 2.38. The molecule has 0 atom stereocenters. The molecule has 1 aliphatic heterocycles. The number of pyridine rings is 1. The maximum absolute atomic E-state index is 13.3. The zero-order chi connectivity index (χ0) is 20.9. The van der Waals surface area contributed by atoms with Crippen LogP contribution in [0, 0.1) is 0 Å². The van der Waals surface area contributed by atoms with Gasteiger partial charge in [-0.05, 0) is 48.4 Å². The molecule has 0 N–H and O–H groups in total. The van der Waals surface area contributed by atoms with Gasteiger partial charge >= 0.3 is 0 Å². The molecule has 0 unspecified atom stereocenters. The van der Waals surface area contributed by atoms with Crippen molar-refractivity contribution >= 4 is 29.1 Å². The molecule has 0 saturated carbocycles. The molecular formula is C23H20N2O4S. The van der Waals surface area contributed by atoms with E-state index in [2.05, 4.69) is 4.98 Å². The second-order valence-corrected chi connectivity index (χ2v) is 7.57. The summed E-state index contributed by atoms with van der Waals surface area (Å²) in [6, 6.07) is 14.5. The SMILES string of the molecule is CCOc1ccc(C2=C(SCc3ccco3)C(=O)N(Cc3cccnc3)C2=O)cc1. The minimum Gasteiger partial charge on any atom is -0.494 e. The van der Waals surface area contributed by atoms with E-state index in [4.69, 9.17) is 9.15 Å². The number of ether oxygens (including phenoxy) is 1. The van der Waals surface area contributed by atoms with Crippen molar-refractivity contribution in [3.05, 3.63) is 89.0 Å². The number of nitrogens with zero attached hydrogens (tertiary/aromatic N) is 2. The Hall–Kier alpha value is -3.32. The van der Waals surface area contributed by atoms with Gasteiger partial charge in [-0.1, -0.05) is 18.2 Å². The van der Waals surface area contributed by atoms with Gasteiger partial charge in [-0.25, -0.2) is 0 Å². The van der Waals surface area contributed by atoms with Gasteiger partial charge in [-0.15, -0.1) is 11.8 Å². The molecule has 0 radical (unpaired) electrons. The summed E-state index contributed by atoms with van der Waals surface area (Å²) in [4.78, 5) is 32.2. The summed E-state index contributed by atoms with van der Waals surface area (Å²) in [6.07, 6.45) is 4.91. The molecule has 0 saturated heterocycles. The van der Waals surface area contributed by atoms with Crippen molar-refractivity contribution in [1.29, 1.82) is 0 Å². The zero-order valence-corrected chi connectivity index (χ0v) is 17.2. The average Bonchev–Trinajstić information content (AvgIpc) is 3.36. The third-order valence-electron chi connectivity index (χ3n) is 4.58. The molecule has 0 bridgehead atoms. The first-order valence-electron chi connectivity index (χ1n) is 9.55. The molecule has 1 aromatic carbocycles. The molecule has 0 fully saturated rings. The van der Waals surface area contributed by atoms with E-state index >= 15 is 0 Å². The normalized spacial score (nSPS) is 14.0. The quantitative estimate of drug-likeness (QED) is 0.506. The maximum atomic E-state index is 13.3. The Labute approximate surface area is 178 Å². The molecule has 2 aromatic heterocycles. The first-order valence-corrected chi connectivity index (χ1v) is 10.5. The summed E-state index contributed by atoms with van der Waals surface area (Å²) in [5.74, 6) is 1.31. The van der Waals surface area contributed by atoms with E-state index in [1.54, 1.807) is 30.8 Å². The van der Waals surface area contributed by atoms with E-state index in [9.17, 15) is 9.59 Å². The van der Waals surface area contributed by atoms with Gasteiger partial charge in [0.25, 0.3) is 11.8 Å². The highest BCUT2D eigenvalue weighted by Gasteiger charge is 2.39. The monoisotopic (exact) mass is 420 g/mol. The van der Waals surface area contributed by atoms with Crippen LogP contribution in [0.25, 0.3) is 5.57 Å². The lowest BCUT2D eigenvalue weighted by Crippen LogP contribution is -2.31. The van der Waals surface area contributed by atoms with Gasteiger partial charge in [0.2, 0.25) is 0 Å². The average molecular weight is 420 g/mol. The molecule has 1 aliphatic rings. The zero-order valence-electron chi connectivity index (χ0n) is 16.4. The largest absolute Gasteiger partial charge is 0.494 e. The molecule has 30 heavy (non-hydrogen) atoms. The van der Waals surface area contributed by atoms with Crippen molar-refractivity contribution in [3.63, 3.8) is 0 Å². The number of carbonyl (C=O) groups excluding carboxylic acids is 2. The molecule has 3 heterocycles. The van der Waals surface area contributed by atoms with Crippen molar-refractivity contribution in [2.24, 2.45) is 0 Å². The molecule has 3 aromatic rings. The fraction of sp³-hybridized carbons (Fsp3) is 0.174. The molecule has 2 amide bonds. The molecule has 6 nitrogen and oxygen atoms in total. The number of hydrogen-bond acceptors (Lipinski definition) is 6. The van der Waals surface area contributed by atoms with E-state index in [1.807, 2.05) is 43.3 Å². The van der Waals surface area contributed by atoms with Crippen LogP contribution in [0.2, 0.25) is 0 Å². The van der Waals surface area contributed by atoms with Gasteiger partial charge in [-0.2, -0.15) is 0 Å². The number of hydrogen-bond donors (Lipinski definition) is 0. The van der Waals surface area contributed by atoms with Gasteiger partial charge < -0.3 is 9.15 Å². The number of aromatic nitrogens is 1. The van der Waals surface area contributed by atoms with Crippen LogP contribution in [-0.4, -0.2) is 28.3 Å². The van der Waals surface area contributed by atoms with Crippen molar-refractivity contribution in [1.82, 2.24) is 9.88 Å². The first kappa shape index (κ1) is 20.0. The van der Waals surface area contributed by atoms with Crippen LogP contribution in [0.4, 0.5) is 0 Å². The highest BCUT2D eigenvalue weighted by molar-refractivity contribution is 8.03. The van der Waals surface area contributed by atoms with Gasteiger partial charge in [0.15, 0.2) is 0 Å². The minimum absolute atomic E-state index is 0.177. The van der Waals surface area contributed by atoms with Gasteiger partial charge in [-0.3, -0.25) is 19.5 Å². The Bertz CT molecular complexity index is 1060. The first-order chi connectivity index (χ1) is 14.7. The molecule has 152 valence electrons. The van der Waals surface area contributed by atoms with Crippen molar-refractivity contribution in [2.45, 2.75) is 19.2 Å². The summed E-state index contributed by atoms with van der Waals surface area (Å²) in [7, 11) is 0. The summed E-state index contributed by atoms with van der Waals surface area (Å²) in [5, 5.41) is 0.